The Morgan fingerprint density at radius 2 is 1.95 bits per heavy atom. The lowest BCUT2D eigenvalue weighted by molar-refractivity contribution is -0.139. The molecule has 0 bridgehead atoms. The van der Waals surface area contributed by atoms with E-state index in [1.54, 1.807) is 6.92 Å². The van der Waals surface area contributed by atoms with Gasteiger partial charge in [-0.25, -0.2) is 13.1 Å². The van der Waals surface area contributed by atoms with Crippen LogP contribution in [0.25, 0.3) is 0 Å². The SMILES string of the molecule is C=C(C)COCCNS(=O)(=O)c1ccccc1C(F)(F)F. The molecule has 0 aromatic heterocycles. The van der Waals surface area contributed by atoms with Gasteiger partial charge in [0, 0.05) is 6.54 Å². The minimum absolute atomic E-state index is 0.0419. The molecule has 0 aliphatic heterocycles. The quantitative estimate of drug-likeness (QED) is 0.620. The van der Waals surface area contributed by atoms with Crippen molar-refractivity contribution in [2.24, 2.45) is 0 Å². The molecule has 0 spiro atoms. The van der Waals surface area contributed by atoms with Crippen LogP contribution >= 0.6 is 0 Å². The van der Waals surface area contributed by atoms with Gasteiger partial charge in [0.25, 0.3) is 0 Å². The third-order valence-corrected chi connectivity index (χ3v) is 3.89. The largest absolute Gasteiger partial charge is 0.417 e. The van der Waals surface area contributed by atoms with E-state index >= 15 is 0 Å². The molecule has 21 heavy (non-hydrogen) atoms. The van der Waals surface area contributed by atoms with E-state index < -0.39 is 26.7 Å². The average Bonchev–Trinajstić information content (AvgIpc) is 2.37. The van der Waals surface area contributed by atoms with E-state index in [1.807, 2.05) is 0 Å². The molecular weight excluding hydrogens is 307 g/mol. The van der Waals surface area contributed by atoms with Gasteiger partial charge >= 0.3 is 6.18 Å². The van der Waals surface area contributed by atoms with E-state index in [2.05, 4.69) is 11.3 Å². The van der Waals surface area contributed by atoms with Gasteiger partial charge in [0.1, 0.15) is 0 Å². The molecule has 0 atom stereocenters. The first-order valence-electron chi connectivity index (χ1n) is 6.02. The molecule has 118 valence electrons. The highest BCUT2D eigenvalue weighted by Gasteiger charge is 2.36. The average molecular weight is 323 g/mol. The van der Waals surface area contributed by atoms with Gasteiger partial charge in [-0.1, -0.05) is 24.3 Å². The maximum absolute atomic E-state index is 12.8. The molecule has 0 saturated carbocycles. The van der Waals surface area contributed by atoms with Crippen molar-refractivity contribution in [1.29, 1.82) is 0 Å². The lowest BCUT2D eigenvalue weighted by atomic mass is 10.2. The minimum atomic E-state index is -4.73. The van der Waals surface area contributed by atoms with E-state index in [4.69, 9.17) is 4.74 Å². The Hall–Kier alpha value is -1.38. The van der Waals surface area contributed by atoms with Crippen LogP contribution in [0.2, 0.25) is 0 Å². The molecule has 0 aliphatic carbocycles. The van der Waals surface area contributed by atoms with Gasteiger partial charge < -0.3 is 4.74 Å². The summed E-state index contributed by atoms with van der Waals surface area (Å²) in [5.41, 5.74) is -0.430. The first-order valence-corrected chi connectivity index (χ1v) is 7.51. The van der Waals surface area contributed by atoms with Crippen LogP contribution in [0.3, 0.4) is 0 Å². The third kappa shape index (κ3) is 5.49. The Morgan fingerprint density at radius 1 is 1.33 bits per heavy atom. The van der Waals surface area contributed by atoms with Crippen LogP contribution in [-0.2, 0) is 20.9 Å². The molecule has 4 nitrogen and oxygen atoms in total. The maximum atomic E-state index is 12.8. The van der Waals surface area contributed by atoms with E-state index in [0.29, 0.717) is 0 Å². The van der Waals surface area contributed by atoms with Crippen LogP contribution < -0.4 is 4.72 Å². The second-order valence-corrected chi connectivity index (χ2v) is 6.14. The maximum Gasteiger partial charge on any atom is 0.417 e. The topological polar surface area (TPSA) is 55.4 Å². The number of hydrogen-bond donors (Lipinski definition) is 1. The minimum Gasteiger partial charge on any atom is -0.376 e. The number of alkyl halides is 3. The number of halogens is 3. The van der Waals surface area contributed by atoms with Gasteiger partial charge in [0.15, 0.2) is 0 Å². The van der Waals surface area contributed by atoms with Crippen LogP contribution in [-0.4, -0.2) is 28.2 Å². The van der Waals surface area contributed by atoms with Crippen LogP contribution in [0.15, 0.2) is 41.3 Å². The summed E-state index contributed by atoms with van der Waals surface area (Å²) in [6.45, 7) is 5.52. The summed E-state index contributed by atoms with van der Waals surface area (Å²) in [7, 11) is -4.25. The normalized spacial score (nSPS) is 12.4. The van der Waals surface area contributed by atoms with Gasteiger partial charge in [-0.15, -0.1) is 0 Å². The van der Waals surface area contributed by atoms with Crippen molar-refractivity contribution in [3.8, 4) is 0 Å². The standard InChI is InChI=1S/C13H16F3NO3S/c1-10(2)9-20-8-7-17-21(18,19)12-6-4-3-5-11(12)13(14,15)16/h3-6,17H,1,7-9H2,2H3. The van der Waals surface area contributed by atoms with Crippen molar-refractivity contribution < 1.29 is 26.3 Å². The van der Waals surface area contributed by atoms with Gasteiger partial charge in [-0.2, -0.15) is 13.2 Å². The number of hydrogen-bond acceptors (Lipinski definition) is 3. The number of benzene rings is 1. The molecule has 1 aromatic rings. The fourth-order valence-corrected chi connectivity index (χ4v) is 2.75. The molecule has 0 saturated heterocycles. The molecule has 0 radical (unpaired) electrons. The molecule has 0 unspecified atom stereocenters. The molecule has 1 rings (SSSR count). The highest BCUT2D eigenvalue weighted by Crippen LogP contribution is 2.33. The van der Waals surface area contributed by atoms with E-state index in [9.17, 15) is 21.6 Å². The lowest BCUT2D eigenvalue weighted by Crippen LogP contribution is -2.29. The van der Waals surface area contributed by atoms with Crippen molar-refractivity contribution in [2.75, 3.05) is 19.8 Å². The van der Waals surface area contributed by atoms with E-state index in [-0.39, 0.29) is 19.8 Å². The van der Waals surface area contributed by atoms with Crippen LogP contribution in [0.4, 0.5) is 13.2 Å². The first kappa shape index (κ1) is 17.7. The highest BCUT2D eigenvalue weighted by atomic mass is 32.2. The number of rotatable bonds is 7. The molecular formula is C13H16F3NO3S. The van der Waals surface area contributed by atoms with Gasteiger partial charge in [0.05, 0.1) is 23.7 Å². The second-order valence-electron chi connectivity index (χ2n) is 4.40. The Balaban J connectivity index is 2.78. The zero-order valence-electron chi connectivity index (χ0n) is 11.4. The predicted molar refractivity (Wildman–Crippen MR) is 72.3 cm³/mol. The summed E-state index contributed by atoms with van der Waals surface area (Å²) in [5, 5.41) is 0. The summed E-state index contributed by atoms with van der Waals surface area (Å²) >= 11 is 0. The molecule has 0 aliphatic rings. The molecule has 0 heterocycles. The summed E-state index contributed by atoms with van der Waals surface area (Å²) in [5.74, 6) is 0. The summed E-state index contributed by atoms with van der Waals surface area (Å²) in [6, 6.07) is 4.02. The third-order valence-electron chi connectivity index (χ3n) is 2.37. The Kier molecular flexibility index (Phi) is 5.94. The van der Waals surface area contributed by atoms with Crippen molar-refractivity contribution in [1.82, 2.24) is 4.72 Å². The highest BCUT2D eigenvalue weighted by molar-refractivity contribution is 7.89. The second kappa shape index (κ2) is 7.06. The van der Waals surface area contributed by atoms with Crippen molar-refractivity contribution >= 4 is 10.0 Å². The van der Waals surface area contributed by atoms with Gasteiger partial charge in [0.2, 0.25) is 10.0 Å². The monoisotopic (exact) mass is 323 g/mol. The van der Waals surface area contributed by atoms with Crippen LogP contribution in [0, 0.1) is 0 Å². The van der Waals surface area contributed by atoms with Crippen molar-refractivity contribution in [2.45, 2.75) is 18.0 Å². The first-order chi connectivity index (χ1) is 9.64. The number of sulfonamides is 1. The lowest BCUT2D eigenvalue weighted by Gasteiger charge is -2.13. The van der Waals surface area contributed by atoms with Crippen molar-refractivity contribution in [3.63, 3.8) is 0 Å². The zero-order valence-corrected chi connectivity index (χ0v) is 12.2. The summed E-state index contributed by atoms with van der Waals surface area (Å²) < 4.78 is 69.3. The molecule has 1 aromatic carbocycles. The Morgan fingerprint density at radius 3 is 2.52 bits per heavy atom. The molecule has 1 N–H and O–H groups in total. The predicted octanol–water partition coefficient (Wildman–Crippen LogP) is 2.58. The van der Waals surface area contributed by atoms with E-state index in [1.165, 1.54) is 6.07 Å². The Bertz CT molecular complexity index is 597. The Labute approximate surface area is 121 Å². The van der Waals surface area contributed by atoms with Gasteiger partial charge in [-0.05, 0) is 19.1 Å². The molecule has 0 fully saturated rings. The zero-order chi connectivity index (χ0) is 16.1. The van der Waals surface area contributed by atoms with Crippen molar-refractivity contribution in [3.05, 3.63) is 42.0 Å². The molecule has 8 heteroatoms. The smallest absolute Gasteiger partial charge is 0.376 e. The fourth-order valence-electron chi connectivity index (χ4n) is 1.51. The van der Waals surface area contributed by atoms with Crippen LogP contribution in [0.5, 0.6) is 0 Å². The number of ether oxygens (including phenoxy) is 1. The number of nitrogens with one attached hydrogen (secondary N) is 1. The fraction of sp³-hybridized carbons (Fsp3) is 0.385. The van der Waals surface area contributed by atoms with Crippen LogP contribution in [0.1, 0.15) is 12.5 Å². The summed E-state index contributed by atoms with van der Waals surface area (Å²) in [6.07, 6.45) is -4.73. The molecule has 0 amide bonds. The summed E-state index contributed by atoms with van der Waals surface area (Å²) in [4.78, 5) is -0.794. The van der Waals surface area contributed by atoms with Gasteiger partial charge in [-0.3, -0.25) is 0 Å². The van der Waals surface area contributed by atoms with E-state index in [0.717, 1.165) is 23.8 Å².